The first-order chi connectivity index (χ1) is 44.7. The van der Waals surface area contributed by atoms with E-state index in [0.717, 1.165) is 39.8 Å². The standard InChI is InChI=1S/C45H33N.C43H34N2/c1-45(2)40-29-41(46(32-19-8-4-9-20-32)33-21-10-5-11-22-33)35-24-14-15-25-36(35)42(40)38-27-26-37-34-23-13-12-18-31(34)28-39(43(37)44(38)45)30-16-6-3-7-17-30;1-43(2)39-29-35(44(31-17-7-3-8-18-31)32-19-9-4-10-20-32)27-28-38(39)42-37-26-16-15-25-36(37)41(30-40(42)43)45(33-21-11-5-12-22-33)34-23-13-6-14-24-34/h3-29H,1-2H3;3-30H,1-2H3. The van der Waals surface area contributed by atoms with E-state index in [9.17, 15) is 0 Å². The number of rotatable bonds is 10. The molecule has 0 saturated heterocycles. The topological polar surface area (TPSA) is 9.72 Å². The molecule has 91 heavy (non-hydrogen) atoms. The van der Waals surface area contributed by atoms with Crippen molar-refractivity contribution in [3.8, 4) is 33.4 Å². The summed E-state index contributed by atoms with van der Waals surface area (Å²) in [6.07, 6.45) is 0. The lowest BCUT2D eigenvalue weighted by Gasteiger charge is -2.30. The third-order valence-corrected chi connectivity index (χ3v) is 19.2. The van der Waals surface area contributed by atoms with Gasteiger partial charge in [0.15, 0.2) is 0 Å². The number of hydrogen-bond acceptors (Lipinski definition) is 3. The molecule has 17 rings (SSSR count). The van der Waals surface area contributed by atoms with Crippen LogP contribution >= 0.6 is 0 Å². The molecule has 15 aromatic carbocycles. The fourth-order valence-electron chi connectivity index (χ4n) is 15.0. The van der Waals surface area contributed by atoms with Crippen LogP contribution in [0.5, 0.6) is 0 Å². The summed E-state index contributed by atoms with van der Waals surface area (Å²) in [5.41, 5.74) is 23.4. The van der Waals surface area contributed by atoms with Crippen LogP contribution in [0.1, 0.15) is 49.9 Å². The van der Waals surface area contributed by atoms with Gasteiger partial charge in [-0.3, -0.25) is 0 Å². The molecule has 2 aliphatic rings. The first-order valence-electron chi connectivity index (χ1n) is 31.8. The minimum atomic E-state index is -0.242. The van der Waals surface area contributed by atoms with E-state index in [1.54, 1.807) is 0 Å². The molecule has 0 spiro atoms. The monoisotopic (exact) mass is 1170 g/mol. The van der Waals surface area contributed by atoms with Crippen molar-refractivity contribution in [3.05, 3.63) is 356 Å². The molecule has 0 atom stereocenters. The van der Waals surface area contributed by atoms with E-state index in [2.05, 4.69) is 376 Å². The molecule has 0 aromatic heterocycles. The Morgan fingerprint density at radius 3 is 1.05 bits per heavy atom. The van der Waals surface area contributed by atoms with Gasteiger partial charge >= 0.3 is 0 Å². The highest BCUT2D eigenvalue weighted by molar-refractivity contribution is 6.20. The van der Waals surface area contributed by atoms with Gasteiger partial charge in [0.2, 0.25) is 0 Å². The Morgan fingerprint density at radius 2 is 0.593 bits per heavy atom. The number of benzene rings is 15. The van der Waals surface area contributed by atoms with Gasteiger partial charge < -0.3 is 14.7 Å². The van der Waals surface area contributed by atoms with Crippen LogP contribution in [0.15, 0.2) is 334 Å². The molecule has 2 aliphatic carbocycles. The zero-order chi connectivity index (χ0) is 61.2. The molecule has 3 nitrogen and oxygen atoms in total. The van der Waals surface area contributed by atoms with Gasteiger partial charge in [0.25, 0.3) is 0 Å². The lowest BCUT2D eigenvalue weighted by Crippen LogP contribution is -2.18. The summed E-state index contributed by atoms with van der Waals surface area (Å²) in [4.78, 5) is 7.18. The molecular formula is C88H67N3. The summed E-state index contributed by atoms with van der Waals surface area (Å²) in [7, 11) is 0. The summed E-state index contributed by atoms with van der Waals surface area (Å²) in [5, 5.41) is 10.3. The van der Waals surface area contributed by atoms with Crippen molar-refractivity contribution in [1.82, 2.24) is 0 Å². The summed E-state index contributed by atoms with van der Waals surface area (Å²) >= 11 is 0. The Bertz CT molecular complexity index is 5080. The molecule has 0 saturated carbocycles. The minimum absolute atomic E-state index is 0.211. The Morgan fingerprint density at radius 1 is 0.231 bits per heavy atom. The molecular weight excluding hydrogens is 1100 g/mol. The molecule has 0 bridgehead atoms. The van der Waals surface area contributed by atoms with E-state index in [-0.39, 0.29) is 10.8 Å². The van der Waals surface area contributed by atoms with E-state index in [1.807, 2.05) is 0 Å². The molecule has 0 heterocycles. The first-order valence-corrected chi connectivity index (χ1v) is 31.8. The zero-order valence-electron chi connectivity index (χ0n) is 51.6. The Labute approximate surface area is 533 Å². The van der Waals surface area contributed by atoms with Crippen molar-refractivity contribution in [2.75, 3.05) is 14.7 Å². The van der Waals surface area contributed by atoms with Crippen LogP contribution in [0.25, 0.3) is 76.5 Å². The zero-order valence-corrected chi connectivity index (χ0v) is 51.6. The highest BCUT2D eigenvalue weighted by Crippen LogP contribution is 2.59. The van der Waals surface area contributed by atoms with E-state index >= 15 is 0 Å². The fraction of sp³-hybridized carbons (Fsp3) is 0.0682. The molecule has 0 aliphatic heterocycles. The maximum Gasteiger partial charge on any atom is 0.0543 e. The Hall–Kier alpha value is -11.3. The van der Waals surface area contributed by atoms with Crippen molar-refractivity contribution in [2.24, 2.45) is 0 Å². The van der Waals surface area contributed by atoms with Crippen LogP contribution in [0.4, 0.5) is 51.2 Å². The van der Waals surface area contributed by atoms with E-state index < -0.39 is 0 Å². The SMILES string of the molecule is CC1(C)c2cc(N(c3ccccc3)c3ccccc3)c3ccccc3c2-c2ccc3c(c(-c4ccccc4)cc4ccccc43)c21.CC1(C)c2cc(N(c3ccccc3)c3ccccc3)ccc2-c2c1cc(N(c1ccccc1)c1ccccc1)c1ccccc21. The normalized spacial score (nSPS) is 13.0. The molecule has 0 N–H and O–H groups in total. The number of hydrogen-bond donors (Lipinski definition) is 0. The minimum Gasteiger partial charge on any atom is -0.310 e. The highest BCUT2D eigenvalue weighted by atomic mass is 15.2. The van der Waals surface area contributed by atoms with Crippen molar-refractivity contribution in [1.29, 1.82) is 0 Å². The second-order valence-electron chi connectivity index (χ2n) is 25.1. The average Bonchev–Trinajstić information content (AvgIpc) is 1.57. The van der Waals surface area contributed by atoms with Gasteiger partial charge in [-0.05, 0) is 191 Å². The molecule has 0 fully saturated rings. The van der Waals surface area contributed by atoms with Crippen LogP contribution in [0, 0.1) is 0 Å². The van der Waals surface area contributed by atoms with Crippen molar-refractivity contribution < 1.29 is 0 Å². The number of fused-ring (bicyclic) bond motifs is 14. The van der Waals surface area contributed by atoms with Crippen molar-refractivity contribution >= 4 is 94.3 Å². The third-order valence-electron chi connectivity index (χ3n) is 19.2. The van der Waals surface area contributed by atoms with E-state index in [0.29, 0.717) is 0 Å². The van der Waals surface area contributed by atoms with E-state index in [4.69, 9.17) is 0 Å². The molecule has 15 aromatic rings. The van der Waals surface area contributed by atoms with Gasteiger partial charge in [-0.2, -0.15) is 0 Å². The Kier molecular flexibility index (Phi) is 13.6. The maximum absolute atomic E-state index is 2.48. The Balaban J connectivity index is 0.000000145. The van der Waals surface area contributed by atoms with Gasteiger partial charge in [-0.15, -0.1) is 0 Å². The number of anilines is 9. The average molecular weight is 1170 g/mol. The van der Waals surface area contributed by atoms with Gasteiger partial charge in [0.05, 0.1) is 11.4 Å². The molecule has 0 amide bonds. The van der Waals surface area contributed by atoms with Crippen LogP contribution in [0.3, 0.4) is 0 Å². The second-order valence-corrected chi connectivity index (χ2v) is 25.1. The predicted molar refractivity (Wildman–Crippen MR) is 388 cm³/mol. The maximum atomic E-state index is 2.48. The number of para-hydroxylation sites is 6. The molecule has 0 unspecified atom stereocenters. The van der Waals surface area contributed by atoms with Gasteiger partial charge in [0, 0.05) is 61.4 Å². The van der Waals surface area contributed by atoms with Crippen LogP contribution in [-0.4, -0.2) is 0 Å². The smallest absolute Gasteiger partial charge is 0.0543 e. The second kappa shape index (κ2) is 22.4. The van der Waals surface area contributed by atoms with Crippen molar-refractivity contribution in [3.63, 3.8) is 0 Å². The van der Waals surface area contributed by atoms with Gasteiger partial charge in [-0.25, -0.2) is 0 Å². The fourth-order valence-corrected chi connectivity index (χ4v) is 15.0. The van der Waals surface area contributed by atoms with Crippen LogP contribution in [0.2, 0.25) is 0 Å². The van der Waals surface area contributed by atoms with Crippen molar-refractivity contribution in [2.45, 2.75) is 38.5 Å². The first kappa shape index (κ1) is 55.1. The molecule has 3 heteroatoms. The van der Waals surface area contributed by atoms with Gasteiger partial charge in [0.1, 0.15) is 0 Å². The van der Waals surface area contributed by atoms with E-state index in [1.165, 1.54) is 110 Å². The highest BCUT2D eigenvalue weighted by Gasteiger charge is 2.41. The lowest BCUT2D eigenvalue weighted by atomic mass is 9.77. The number of nitrogens with zero attached hydrogens (tertiary/aromatic N) is 3. The van der Waals surface area contributed by atoms with Crippen LogP contribution < -0.4 is 14.7 Å². The van der Waals surface area contributed by atoms with Gasteiger partial charge in [-0.1, -0.05) is 258 Å². The quantitative estimate of drug-likeness (QED) is 0.126. The summed E-state index contributed by atoms with van der Waals surface area (Å²) in [6.45, 7) is 9.61. The molecule has 0 radical (unpaired) electrons. The third kappa shape index (κ3) is 9.26. The summed E-state index contributed by atoms with van der Waals surface area (Å²) in [5.74, 6) is 0. The largest absolute Gasteiger partial charge is 0.310 e. The lowest BCUT2D eigenvalue weighted by molar-refractivity contribution is 0.661. The summed E-state index contributed by atoms with van der Waals surface area (Å²) in [6, 6.07) is 121. The molecule has 434 valence electrons. The summed E-state index contributed by atoms with van der Waals surface area (Å²) < 4.78 is 0. The predicted octanol–water partition coefficient (Wildman–Crippen LogP) is 24.7. The van der Waals surface area contributed by atoms with Crippen LogP contribution in [-0.2, 0) is 10.8 Å².